The Morgan fingerprint density at radius 1 is 0.906 bits per heavy atom. The summed E-state index contributed by atoms with van der Waals surface area (Å²) in [7, 11) is 0. The predicted octanol–water partition coefficient (Wildman–Crippen LogP) is 4.44. The molecule has 162 valence electrons. The summed E-state index contributed by atoms with van der Waals surface area (Å²) in [4.78, 5) is 19.9. The van der Waals surface area contributed by atoms with Gasteiger partial charge in [0.25, 0.3) is 0 Å². The molecule has 0 spiro atoms. The summed E-state index contributed by atoms with van der Waals surface area (Å²) in [5, 5.41) is 0. The van der Waals surface area contributed by atoms with Gasteiger partial charge in [0.2, 0.25) is 5.91 Å². The van der Waals surface area contributed by atoms with Crippen molar-refractivity contribution in [3.05, 3.63) is 90.5 Å². The number of imidazole rings is 1. The summed E-state index contributed by atoms with van der Waals surface area (Å²) in [5.74, 6) is 1.04. The van der Waals surface area contributed by atoms with Crippen molar-refractivity contribution in [3.8, 4) is 11.4 Å². The number of nitrogens with zero attached hydrogens (tertiary/aromatic N) is 3. The SMILES string of the molecule is NC(Cc1ccccc1)C(=O)N1CCC(n2c(-c3ccccc3)nc3ccccc32)CC1. The first-order chi connectivity index (χ1) is 15.7. The van der Waals surface area contributed by atoms with E-state index < -0.39 is 6.04 Å². The molecule has 1 aromatic heterocycles. The second kappa shape index (κ2) is 8.97. The van der Waals surface area contributed by atoms with Gasteiger partial charge in [0.15, 0.2) is 0 Å². The lowest BCUT2D eigenvalue weighted by Crippen LogP contribution is -2.48. The molecule has 2 N–H and O–H groups in total. The number of piperidine rings is 1. The fraction of sp³-hybridized carbons (Fsp3) is 0.259. The number of aromatic nitrogens is 2. The monoisotopic (exact) mass is 424 g/mol. The van der Waals surface area contributed by atoms with E-state index in [1.807, 2.05) is 47.4 Å². The van der Waals surface area contributed by atoms with Gasteiger partial charge in [0.05, 0.1) is 17.1 Å². The third-order valence-electron chi connectivity index (χ3n) is 6.38. The van der Waals surface area contributed by atoms with Gasteiger partial charge in [0, 0.05) is 24.7 Å². The zero-order valence-corrected chi connectivity index (χ0v) is 18.1. The Bertz CT molecular complexity index is 1190. The number of carbonyl (C=O) groups is 1. The number of para-hydroxylation sites is 2. The molecule has 1 aliphatic heterocycles. The predicted molar refractivity (Wildman–Crippen MR) is 128 cm³/mol. The number of hydrogen-bond acceptors (Lipinski definition) is 3. The molecule has 3 aromatic carbocycles. The molecule has 0 aliphatic carbocycles. The molecule has 5 nitrogen and oxygen atoms in total. The van der Waals surface area contributed by atoms with Gasteiger partial charge in [-0.1, -0.05) is 72.8 Å². The number of rotatable bonds is 5. The van der Waals surface area contributed by atoms with Gasteiger partial charge in [-0.05, 0) is 37.0 Å². The van der Waals surface area contributed by atoms with E-state index in [1.54, 1.807) is 0 Å². The minimum absolute atomic E-state index is 0.0473. The zero-order valence-electron chi connectivity index (χ0n) is 18.1. The van der Waals surface area contributed by atoms with Crippen LogP contribution in [0.1, 0.15) is 24.4 Å². The molecule has 1 atom stereocenters. The largest absolute Gasteiger partial charge is 0.341 e. The molecule has 2 heterocycles. The number of benzene rings is 3. The van der Waals surface area contributed by atoms with E-state index >= 15 is 0 Å². The van der Waals surface area contributed by atoms with Crippen LogP contribution < -0.4 is 5.73 Å². The van der Waals surface area contributed by atoms with Gasteiger partial charge in [-0.15, -0.1) is 0 Å². The number of nitrogens with two attached hydrogens (primary N) is 1. The third kappa shape index (κ3) is 4.04. The second-order valence-electron chi connectivity index (χ2n) is 8.51. The fourth-order valence-electron chi connectivity index (χ4n) is 4.74. The van der Waals surface area contributed by atoms with Crippen LogP contribution >= 0.6 is 0 Å². The second-order valence-corrected chi connectivity index (χ2v) is 8.51. The van der Waals surface area contributed by atoms with E-state index in [0.717, 1.165) is 40.8 Å². The molecule has 0 bridgehead atoms. The van der Waals surface area contributed by atoms with Crippen LogP contribution in [0.15, 0.2) is 84.9 Å². The van der Waals surface area contributed by atoms with E-state index in [0.29, 0.717) is 25.6 Å². The van der Waals surface area contributed by atoms with Crippen LogP contribution in [-0.2, 0) is 11.2 Å². The number of amides is 1. The summed E-state index contributed by atoms with van der Waals surface area (Å²) in [5.41, 5.74) is 10.7. The van der Waals surface area contributed by atoms with E-state index in [-0.39, 0.29) is 5.91 Å². The Morgan fingerprint density at radius 2 is 1.53 bits per heavy atom. The molecule has 32 heavy (non-hydrogen) atoms. The van der Waals surface area contributed by atoms with Crippen LogP contribution in [-0.4, -0.2) is 39.5 Å². The van der Waals surface area contributed by atoms with Crippen molar-refractivity contribution in [2.45, 2.75) is 31.3 Å². The summed E-state index contributed by atoms with van der Waals surface area (Å²) in [6, 6.07) is 28.4. The highest BCUT2D eigenvalue weighted by Gasteiger charge is 2.29. The van der Waals surface area contributed by atoms with Crippen molar-refractivity contribution in [2.24, 2.45) is 5.73 Å². The normalized spacial score (nSPS) is 15.7. The first-order valence-corrected chi connectivity index (χ1v) is 11.3. The molecule has 1 aliphatic rings. The molecule has 1 unspecified atom stereocenters. The molecule has 1 amide bonds. The van der Waals surface area contributed by atoms with Crippen LogP contribution in [0.5, 0.6) is 0 Å². The highest BCUT2D eigenvalue weighted by Crippen LogP contribution is 2.33. The lowest BCUT2D eigenvalue weighted by molar-refractivity contribution is -0.133. The molecule has 5 heteroatoms. The summed E-state index contributed by atoms with van der Waals surface area (Å²) < 4.78 is 2.37. The van der Waals surface area contributed by atoms with E-state index in [4.69, 9.17) is 10.7 Å². The first-order valence-electron chi connectivity index (χ1n) is 11.3. The number of fused-ring (bicyclic) bond motifs is 1. The molecular formula is C27H28N4O. The molecule has 4 aromatic rings. The van der Waals surface area contributed by atoms with Crippen molar-refractivity contribution in [1.29, 1.82) is 0 Å². The molecule has 0 radical (unpaired) electrons. The third-order valence-corrected chi connectivity index (χ3v) is 6.38. The van der Waals surface area contributed by atoms with Crippen LogP contribution in [0.3, 0.4) is 0 Å². The standard InChI is InChI=1S/C27H28N4O/c28-23(19-20-9-3-1-4-10-20)27(32)30-17-15-22(16-18-30)31-25-14-8-7-13-24(25)29-26(31)21-11-5-2-6-12-21/h1-14,22-23H,15-19,28H2. The fourth-order valence-corrected chi connectivity index (χ4v) is 4.74. The molecule has 5 rings (SSSR count). The molecular weight excluding hydrogens is 396 g/mol. The van der Waals surface area contributed by atoms with E-state index in [9.17, 15) is 4.79 Å². The van der Waals surface area contributed by atoms with Gasteiger partial charge in [-0.3, -0.25) is 4.79 Å². The number of hydrogen-bond donors (Lipinski definition) is 1. The Labute approximate surface area is 188 Å². The van der Waals surface area contributed by atoms with Gasteiger partial charge >= 0.3 is 0 Å². The van der Waals surface area contributed by atoms with Crippen LogP contribution in [0.2, 0.25) is 0 Å². The zero-order chi connectivity index (χ0) is 21.9. The Kier molecular flexibility index (Phi) is 5.73. The molecule has 0 saturated carbocycles. The number of carbonyl (C=O) groups excluding carboxylic acids is 1. The number of likely N-dealkylation sites (tertiary alicyclic amines) is 1. The lowest BCUT2D eigenvalue weighted by Gasteiger charge is -2.35. The molecule has 1 saturated heterocycles. The van der Waals surface area contributed by atoms with Crippen molar-refractivity contribution in [2.75, 3.05) is 13.1 Å². The lowest BCUT2D eigenvalue weighted by atomic mass is 10.0. The average Bonchev–Trinajstić information content (AvgIpc) is 3.24. The Hall–Kier alpha value is -3.44. The van der Waals surface area contributed by atoms with Gasteiger partial charge < -0.3 is 15.2 Å². The van der Waals surface area contributed by atoms with Crippen LogP contribution in [0.25, 0.3) is 22.4 Å². The first kappa shape index (κ1) is 20.5. The van der Waals surface area contributed by atoms with E-state index in [2.05, 4.69) is 47.0 Å². The minimum atomic E-state index is -0.497. The highest BCUT2D eigenvalue weighted by atomic mass is 16.2. The van der Waals surface area contributed by atoms with Gasteiger partial charge in [0.1, 0.15) is 5.82 Å². The maximum Gasteiger partial charge on any atom is 0.239 e. The maximum atomic E-state index is 13.0. The highest BCUT2D eigenvalue weighted by molar-refractivity contribution is 5.82. The van der Waals surface area contributed by atoms with Crippen LogP contribution in [0, 0.1) is 0 Å². The summed E-state index contributed by atoms with van der Waals surface area (Å²) in [6.07, 6.45) is 2.36. The Balaban J connectivity index is 1.34. The van der Waals surface area contributed by atoms with Crippen molar-refractivity contribution in [3.63, 3.8) is 0 Å². The van der Waals surface area contributed by atoms with E-state index in [1.165, 1.54) is 0 Å². The summed E-state index contributed by atoms with van der Waals surface area (Å²) >= 11 is 0. The van der Waals surface area contributed by atoms with Crippen molar-refractivity contribution < 1.29 is 4.79 Å². The van der Waals surface area contributed by atoms with Crippen LogP contribution in [0.4, 0.5) is 0 Å². The van der Waals surface area contributed by atoms with Gasteiger partial charge in [-0.2, -0.15) is 0 Å². The minimum Gasteiger partial charge on any atom is -0.341 e. The Morgan fingerprint density at radius 3 is 2.25 bits per heavy atom. The maximum absolute atomic E-state index is 13.0. The average molecular weight is 425 g/mol. The van der Waals surface area contributed by atoms with Gasteiger partial charge in [-0.25, -0.2) is 4.98 Å². The smallest absolute Gasteiger partial charge is 0.239 e. The molecule has 1 fully saturated rings. The summed E-state index contributed by atoms with van der Waals surface area (Å²) in [6.45, 7) is 1.43. The topological polar surface area (TPSA) is 64.2 Å². The van der Waals surface area contributed by atoms with Crippen molar-refractivity contribution in [1.82, 2.24) is 14.5 Å². The quantitative estimate of drug-likeness (QED) is 0.515. The van der Waals surface area contributed by atoms with Crippen molar-refractivity contribution >= 4 is 16.9 Å².